The Kier molecular flexibility index (Phi) is 9.20. The lowest BCUT2D eigenvalue weighted by Gasteiger charge is -2.16. The van der Waals surface area contributed by atoms with Crippen molar-refractivity contribution < 1.29 is 9.59 Å². The minimum atomic E-state index is -0.0690. The van der Waals surface area contributed by atoms with E-state index >= 15 is 0 Å². The Bertz CT molecular complexity index is 480. The summed E-state index contributed by atoms with van der Waals surface area (Å²) in [7, 11) is 0. The van der Waals surface area contributed by atoms with Crippen LogP contribution in [-0.4, -0.2) is 35.8 Å². The number of nitrogens with one attached hydrogen (secondary N) is 1. The van der Waals surface area contributed by atoms with E-state index in [1.165, 1.54) is 11.8 Å². The fourth-order valence-corrected chi connectivity index (χ4v) is 2.77. The third-order valence-electron chi connectivity index (χ3n) is 3.19. The first-order valence-corrected chi connectivity index (χ1v) is 8.96. The van der Waals surface area contributed by atoms with Crippen molar-refractivity contribution in [2.45, 2.75) is 32.2 Å². The van der Waals surface area contributed by atoms with Crippen molar-refractivity contribution in [2.24, 2.45) is 5.73 Å². The smallest absolute Gasteiger partial charge is 0.230 e. The highest BCUT2D eigenvalue weighted by Gasteiger charge is 2.12. The van der Waals surface area contributed by atoms with Gasteiger partial charge in [0, 0.05) is 23.2 Å². The second-order valence-corrected chi connectivity index (χ2v) is 6.49. The second-order valence-electron chi connectivity index (χ2n) is 5.07. The summed E-state index contributed by atoms with van der Waals surface area (Å²) in [6.45, 7) is 2.55. The van der Waals surface area contributed by atoms with Crippen LogP contribution in [0.2, 0.25) is 5.02 Å². The Balaban J connectivity index is 2.29. The summed E-state index contributed by atoms with van der Waals surface area (Å²) in [6, 6.07) is 6.79. The number of Topliss-reactive ketones (excluding diaryl/α,β-unsaturated/α-hetero) is 1. The molecule has 1 aromatic rings. The Hall–Kier alpha value is -1.04. The zero-order valence-corrected chi connectivity index (χ0v) is 14.4. The number of nitrogens with two attached hydrogens (primary N) is 1. The van der Waals surface area contributed by atoms with Crippen molar-refractivity contribution in [3.05, 3.63) is 34.9 Å². The normalized spacial score (nSPS) is 12.0. The summed E-state index contributed by atoms with van der Waals surface area (Å²) in [5.41, 5.74) is 6.25. The average molecular weight is 343 g/mol. The van der Waals surface area contributed by atoms with E-state index in [1.807, 2.05) is 0 Å². The van der Waals surface area contributed by atoms with Crippen LogP contribution in [0, 0.1) is 0 Å². The maximum atomic E-state index is 11.9. The molecule has 0 aromatic heterocycles. The molecule has 122 valence electrons. The highest BCUT2D eigenvalue weighted by atomic mass is 35.5. The van der Waals surface area contributed by atoms with Crippen molar-refractivity contribution in [2.75, 3.05) is 18.1 Å². The van der Waals surface area contributed by atoms with E-state index in [1.54, 1.807) is 24.3 Å². The number of benzene rings is 1. The van der Waals surface area contributed by atoms with Crippen LogP contribution < -0.4 is 11.1 Å². The first-order chi connectivity index (χ1) is 10.6. The molecule has 0 aliphatic carbocycles. The lowest BCUT2D eigenvalue weighted by Crippen LogP contribution is -2.41. The number of carbonyl (C=O) groups is 2. The monoisotopic (exact) mass is 342 g/mol. The summed E-state index contributed by atoms with van der Waals surface area (Å²) in [5, 5.41) is 3.51. The van der Waals surface area contributed by atoms with Crippen molar-refractivity contribution in [3.8, 4) is 0 Å². The Morgan fingerprint density at radius 2 is 1.95 bits per heavy atom. The molecule has 0 aliphatic heterocycles. The van der Waals surface area contributed by atoms with Gasteiger partial charge in [-0.05, 0) is 30.7 Å². The van der Waals surface area contributed by atoms with Crippen molar-refractivity contribution in [1.29, 1.82) is 0 Å². The summed E-state index contributed by atoms with van der Waals surface area (Å²) >= 11 is 7.09. The van der Waals surface area contributed by atoms with Gasteiger partial charge in [-0.2, -0.15) is 0 Å². The van der Waals surface area contributed by atoms with Gasteiger partial charge in [-0.1, -0.05) is 31.4 Å². The van der Waals surface area contributed by atoms with E-state index in [-0.39, 0.29) is 29.2 Å². The van der Waals surface area contributed by atoms with Gasteiger partial charge < -0.3 is 11.1 Å². The van der Waals surface area contributed by atoms with Crippen LogP contribution in [0.1, 0.15) is 36.5 Å². The number of ketones is 1. The van der Waals surface area contributed by atoms with E-state index in [0.717, 1.165) is 19.3 Å². The summed E-state index contributed by atoms with van der Waals surface area (Å²) in [6.07, 6.45) is 3.02. The molecule has 0 saturated heterocycles. The van der Waals surface area contributed by atoms with Gasteiger partial charge in [0.15, 0.2) is 5.78 Å². The van der Waals surface area contributed by atoms with Crippen LogP contribution in [0.25, 0.3) is 0 Å². The Morgan fingerprint density at radius 1 is 1.27 bits per heavy atom. The van der Waals surface area contributed by atoms with Crippen molar-refractivity contribution in [1.82, 2.24) is 5.32 Å². The predicted octanol–water partition coefficient (Wildman–Crippen LogP) is 2.89. The molecule has 0 heterocycles. The fraction of sp³-hybridized carbons (Fsp3) is 0.500. The van der Waals surface area contributed by atoms with E-state index in [9.17, 15) is 9.59 Å². The molecular weight excluding hydrogens is 320 g/mol. The maximum Gasteiger partial charge on any atom is 0.230 e. The summed E-state index contributed by atoms with van der Waals surface area (Å²) < 4.78 is 0. The SMILES string of the molecule is CCCCC(CN)NC(=O)CSCC(=O)c1ccc(Cl)cc1. The van der Waals surface area contributed by atoms with E-state index in [2.05, 4.69) is 12.2 Å². The van der Waals surface area contributed by atoms with Crippen LogP contribution in [-0.2, 0) is 4.79 Å². The molecule has 4 nitrogen and oxygen atoms in total. The zero-order chi connectivity index (χ0) is 16.4. The van der Waals surface area contributed by atoms with Crippen LogP contribution in [0.3, 0.4) is 0 Å². The number of unbranched alkanes of at least 4 members (excludes halogenated alkanes) is 1. The molecule has 1 unspecified atom stereocenters. The molecule has 1 atom stereocenters. The molecule has 1 aromatic carbocycles. The van der Waals surface area contributed by atoms with Crippen molar-refractivity contribution in [3.63, 3.8) is 0 Å². The highest BCUT2D eigenvalue weighted by Crippen LogP contribution is 2.12. The summed E-state index contributed by atoms with van der Waals surface area (Å²) in [4.78, 5) is 23.8. The molecule has 0 aliphatic rings. The first-order valence-electron chi connectivity index (χ1n) is 7.42. The molecule has 0 bridgehead atoms. The van der Waals surface area contributed by atoms with Gasteiger partial charge in [0.1, 0.15) is 0 Å². The summed E-state index contributed by atoms with van der Waals surface area (Å²) in [5.74, 6) is 0.468. The molecule has 0 radical (unpaired) electrons. The van der Waals surface area contributed by atoms with Gasteiger partial charge in [0.2, 0.25) is 5.91 Å². The largest absolute Gasteiger partial charge is 0.351 e. The van der Waals surface area contributed by atoms with Gasteiger partial charge in [-0.3, -0.25) is 9.59 Å². The maximum absolute atomic E-state index is 11.9. The fourth-order valence-electron chi connectivity index (χ4n) is 1.92. The topological polar surface area (TPSA) is 72.2 Å². The quantitative estimate of drug-likeness (QED) is 0.641. The molecule has 0 saturated carbocycles. The third kappa shape index (κ3) is 7.29. The van der Waals surface area contributed by atoms with Gasteiger partial charge in [-0.15, -0.1) is 11.8 Å². The van der Waals surface area contributed by atoms with E-state index < -0.39 is 0 Å². The molecule has 3 N–H and O–H groups in total. The third-order valence-corrected chi connectivity index (χ3v) is 4.37. The van der Waals surface area contributed by atoms with Crippen molar-refractivity contribution >= 4 is 35.1 Å². The van der Waals surface area contributed by atoms with E-state index in [0.29, 0.717) is 17.1 Å². The minimum absolute atomic E-state index is 0.00387. The predicted molar refractivity (Wildman–Crippen MR) is 93.6 cm³/mol. The van der Waals surface area contributed by atoms with Gasteiger partial charge in [-0.25, -0.2) is 0 Å². The minimum Gasteiger partial charge on any atom is -0.351 e. The number of halogens is 1. The first kappa shape index (κ1) is 19.0. The number of hydrogen-bond acceptors (Lipinski definition) is 4. The Morgan fingerprint density at radius 3 is 2.55 bits per heavy atom. The standard InChI is InChI=1S/C16H23ClN2O2S/c1-2-3-4-14(9-18)19-16(21)11-22-10-15(20)12-5-7-13(17)8-6-12/h5-8,14H,2-4,9-11,18H2,1H3,(H,19,21). The molecule has 22 heavy (non-hydrogen) atoms. The number of rotatable bonds is 10. The second kappa shape index (κ2) is 10.6. The van der Waals surface area contributed by atoms with Crippen LogP contribution in [0.4, 0.5) is 0 Å². The van der Waals surface area contributed by atoms with Gasteiger partial charge in [0.25, 0.3) is 0 Å². The number of hydrogen-bond donors (Lipinski definition) is 2. The highest BCUT2D eigenvalue weighted by molar-refractivity contribution is 8.00. The van der Waals surface area contributed by atoms with E-state index in [4.69, 9.17) is 17.3 Å². The van der Waals surface area contributed by atoms with Crippen LogP contribution in [0.15, 0.2) is 24.3 Å². The molecule has 6 heteroatoms. The van der Waals surface area contributed by atoms with Crippen LogP contribution in [0.5, 0.6) is 0 Å². The lowest BCUT2D eigenvalue weighted by atomic mass is 10.1. The number of carbonyl (C=O) groups excluding carboxylic acids is 2. The van der Waals surface area contributed by atoms with Gasteiger partial charge in [0.05, 0.1) is 11.5 Å². The molecule has 0 fully saturated rings. The van der Waals surface area contributed by atoms with Crippen LogP contribution >= 0.6 is 23.4 Å². The molecule has 0 spiro atoms. The average Bonchev–Trinajstić information content (AvgIpc) is 2.51. The number of amides is 1. The lowest BCUT2D eigenvalue weighted by molar-refractivity contribution is -0.119. The molecule has 1 rings (SSSR count). The van der Waals surface area contributed by atoms with Gasteiger partial charge >= 0.3 is 0 Å². The zero-order valence-electron chi connectivity index (χ0n) is 12.8. The number of thioether (sulfide) groups is 1. The Labute approximate surface area is 141 Å². The molecular formula is C16H23ClN2O2S. The molecule has 1 amide bonds.